The zero-order valence-corrected chi connectivity index (χ0v) is 14.3. The monoisotopic (exact) mass is 360 g/mol. The molecular formula is C19H18ClFN2O2. The normalized spacial score (nSPS) is 15.0. The second-order valence-electron chi connectivity index (χ2n) is 6.00. The van der Waals surface area contributed by atoms with Crippen LogP contribution in [0.5, 0.6) is 0 Å². The molecule has 2 amide bonds. The van der Waals surface area contributed by atoms with Crippen molar-refractivity contribution in [2.24, 2.45) is 0 Å². The highest BCUT2D eigenvalue weighted by molar-refractivity contribution is 6.33. The fraction of sp³-hybridized carbons (Fsp3) is 0.263. The van der Waals surface area contributed by atoms with Crippen molar-refractivity contribution in [3.05, 3.63) is 70.5 Å². The molecule has 1 N–H and O–H groups in total. The largest absolute Gasteiger partial charge is 0.349 e. The summed E-state index contributed by atoms with van der Waals surface area (Å²) in [5, 5.41) is 3.36. The van der Waals surface area contributed by atoms with Crippen molar-refractivity contribution in [2.75, 3.05) is 13.1 Å². The maximum absolute atomic E-state index is 13.8. The number of piperidine rings is 1. The zero-order valence-electron chi connectivity index (χ0n) is 13.5. The Bertz CT molecular complexity index is 788. The van der Waals surface area contributed by atoms with Crippen LogP contribution in [-0.2, 0) is 0 Å². The van der Waals surface area contributed by atoms with Gasteiger partial charge in [-0.2, -0.15) is 0 Å². The lowest BCUT2D eigenvalue weighted by atomic mass is 10.0. The Morgan fingerprint density at radius 1 is 1.00 bits per heavy atom. The van der Waals surface area contributed by atoms with E-state index >= 15 is 0 Å². The number of rotatable bonds is 3. The minimum atomic E-state index is -0.512. The summed E-state index contributed by atoms with van der Waals surface area (Å²) < 4.78 is 13.8. The van der Waals surface area contributed by atoms with E-state index in [4.69, 9.17) is 11.6 Å². The van der Waals surface area contributed by atoms with E-state index in [1.54, 1.807) is 41.3 Å². The molecule has 0 unspecified atom stereocenters. The van der Waals surface area contributed by atoms with Crippen molar-refractivity contribution in [2.45, 2.75) is 18.9 Å². The molecule has 130 valence electrons. The van der Waals surface area contributed by atoms with E-state index in [2.05, 4.69) is 5.32 Å². The van der Waals surface area contributed by atoms with Gasteiger partial charge in [-0.15, -0.1) is 0 Å². The second-order valence-corrected chi connectivity index (χ2v) is 6.41. The molecule has 3 rings (SSSR count). The molecular weight excluding hydrogens is 343 g/mol. The molecule has 1 aliphatic heterocycles. The number of likely N-dealkylation sites (tertiary alicyclic amines) is 1. The van der Waals surface area contributed by atoms with Crippen LogP contribution < -0.4 is 5.32 Å². The Balaban J connectivity index is 1.57. The van der Waals surface area contributed by atoms with Crippen LogP contribution in [0.1, 0.15) is 33.6 Å². The smallest absolute Gasteiger partial charge is 0.256 e. The predicted molar refractivity (Wildman–Crippen MR) is 94.2 cm³/mol. The first-order valence-corrected chi connectivity index (χ1v) is 8.53. The van der Waals surface area contributed by atoms with Gasteiger partial charge in [0.1, 0.15) is 5.82 Å². The van der Waals surface area contributed by atoms with E-state index in [1.807, 2.05) is 0 Å². The van der Waals surface area contributed by atoms with E-state index in [0.29, 0.717) is 36.5 Å². The first-order valence-electron chi connectivity index (χ1n) is 8.15. The van der Waals surface area contributed by atoms with E-state index in [-0.39, 0.29) is 23.4 Å². The van der Waals surface area contributed by atoms with Gasteiger partial charge in [-0.1, -0.05) is 35.9 Å². The summed E-state index contributed by atoms with van der Waals surface area (Å²) >= 11 is 6.03. The molecule has 4 nitrogen and oxygen atoms in total. The topological polar surface area (TPSA) is 49.4 Å². The summed E-state index contributed by atoms with van der Waals surface area (Å²) in [6, 6.07) is 12.8. The third kappa shape index (κ3) is 3.99. The molecule has 0 saturated carbocycles. The van der Waals surface area contributed by atoms with Crippen LogP contribution in [0.25, 0.3) is 0 Å². The highest BCUT2D eigenvalue weighted by Crippen LogP contribution is 2.18. The molecule has 0 atom stereocenters. The average Bonchev–Trinajstić information content (AvgIpc) is 2.62. The van der Waals surface area contributed by atoms with E-state index < -0.39 is 5.82 Å². The van der Waals surface area contributed by atoms with Crippen LogP contribution in [0, 0.1) is 5.82 Å². The maximum atomic E-state index is 13.8. The standard InChI is InChI=1S/C19H18ClFN2O2/c20-16-7-3-1-5-14(16)18(24)22-13-9-11-23(12-10-13)19(25)15-6-2-4-8-17(15)21/h1-8,13H,9-12H2,(H,22,24). The Hall–Kier alpha value is -2.40. The lowest BCUT2D eigenvalue weighted by Gasteiger charge is -2.32. The molecule has 0 radical (unpaired) electrons. The average molecular weight is 361 g/mol. The van der Waals surface area contributed by atoms with Gasteiger partial charge in [-0.05, 0) is 37.1 Å². The molecule has 2 aromatic rings. The van der Waals surface area contributed by atoms with Crippen molar-refractivity contribution >= 4 is 23.4 Å². The summed E-state index contributed by atoms with van der Waals surface area (Å²) in [6.07, 6.45) is 1.24. The van der Waals surface area contributed by atoms with Gasteiger partial charge in [0, 0.05) is 19.1 Å². The van der Waals surface area contributed by atoms with Crippen molar-refractivity contribution in [1.29, 1.82) is 0 Å². The zero-order chi connectivity index (χ0) is 17.8. The lowest BCUT2D eigenvalue weighted by Crippen LogP contribution is -2.46. The third-order valence-corrected chi connectivity index (χ3v) is 4.67. The number of nitrogens with zero attached hydrogens (tertiary/aromatic N) is 1. The molecule has 1 aliphatic rings. The fourth-order valence-corrected chi connectivity index (χ4v) is 3.16. The van der Waals surface area contributed by atoms with Crippen LogP contribution in [0.2, 0.25) is 5.02 Å². The fourth-order valence-electron chi connectivity index (χ4n) is 2.94. The van der Waals surface area contributed by atoms with Crippen LogP contribution in [0.15, 0.2) is 48.5 Å². The first-order chi connectivity index (χ1) is 12.1. The summed E-state index contributed by atoms with van der Waals surface area (Å²) in [5.74, 6) is -1.04. The number of carbonyl (C=O) groups is 2. The Labute approximate surface area is 150 Å². The summed E-state index contributed by atoms with van der Waals surface area (Å²) in [7, 11) is 0. The number of hydrogen-bond acceptors (Lipinski definition) is 2. The van der Waals surface area contributed by atoms with Gasteiger partial charge in [-0.25, -0.2) is 4.39 Å². The summed E-state index contributed by atoms with van der Waals surface area (Å²) in [6.45, 7) is 0.946. The highest BCUT2D eigenvalue weighted by atomic mass is 35.5. The van der Waals surface area contributed by atoms with Crippen LogP contribution in [-0.4, -0.2) is 35.8 Å². The Kier molecular flexibility index (Phi) is 5.34. The van der Waals surface area contributed by atoms with Crippen molar-refractivity contribution in [3.63, 3.8) is 0 Å². The molecule has 1 fully saturated rings. The minimum Gasteiger partial charge on any atom is -0.349 e. The maximum Gasteiger partial charge on any atom is 0.256 e. The summed E-state index contributed by atoms with van der Waals surface area (Å²) in [5.41, 5.74) is 0.523. The van der Waals surface area contributed by atoms with E-state index in [0.717, 1.165) is 0 Å². The Morgan fingerprint density at radius 2 is 1.60 bits per heavy atom. The third-order valence-electron chi connectivity index (χ3n) is 4.34. The van der Waals surface area contributed by atoms with Crippen molar-refractivity contribution < 1.29 is 14.0 Å². The number of benzene rings is 2. The van der Waals surface area contributed by atoms with Gasteiger partial charge in [-0.3, -0.25) is 9.59 Å². The van der Waals surface area contributed by atoms with Gasteiger partial charge in [0.15, 0.2) is 0 Å². The predicted octanol–water partition coefficient (Wildman–Crippen LogP) is 3.51. The SMILES string of the molecule is O=C(NC1CCN(C(=O)c2ccccc2F)CC1)c1ccccc1Cl. The number of nitrogens with one attached hydrogen (secondary N) is 1. The number of carbonyl (C=O) groups excluding carboxylic acids is 2. The molecule has 25 heavy (non-hydrogen) atoms. The number of halogens is 2. The summed E-state index contributed by atoms with van der Waals surface area (Å²) in [4.78, 5) is 26.3. The number of amides is 2. The van der Waals surface area contributed by atoms with Crippen LogP contribution in [0.3, 0.4) is 0 Å². The van der Waals surface area contributed by atoms with Crippen LogP contribution >= 0.6 is 11.6 Å². The van der Waals surface area contributed by atoms with E-state index in [1.165, 1.54) is 12.1 Å². The molecule has 0 bridgehead atoms. The number of hydrogen-bond donors (Lipinski definition) is 1. The highest BCUT2D eigenvalue weighted by Gasteiger charge is 2.26. The van der Waals surface area contributed by atoms with Crippen molar-refractivity contribution in [1.82, 2.24) is 10.2 Å². The lowest BCUT2D eigenvalue weighted by molar-refractivity contribution is 0.0693. The Morgan fingerprint density at radius 3 is 2.24 bits per heavy atom. The molecule has 0 aromatic heterocycles. The van der Waals surface area contributed by atoms with Crippen LogP contribution in [0.4, 0.5) is 4.39 Å². The van der Waals surface area contributed by atoms with Gasteiger partial charge in [0.25, 0.3) is 11.8 Å². The first kappa shape index (κ1) is 17.4. The second kappa shape index (κ2) is 7.66. The minimum absolute atomic E-state index is 0.0338. The molecule has 2 aromatic carbocycles. The van der Waals surface area contributed by atoms with Gasteiger partial charge < -0.3 is 10.2 Å². The van der Waals surface area contributed by atoms with Gasteiger partial charge in [0.05, 0.1) is 16.1 Å². The molecule has 0 spiro atoms. The van der Waals surface area contributed by atoms with Gasteiger partial charge in [0.2, 0.25) is 0 Å². The van der Waals surface area contributed by atoms with Crippen molar-refractivity contribution in [3.8, 4) is 0 Å². The molecule has 6 heteroatoms. The quantitative estimate of drug-likeness (QED) is 0.910. The van der Waals surface area contributed by atoms with Gasteiger partial charge >= 0.3 is 0 Å². The molecule has 0 aliphatic carbocycles. The van der Waals surface area contributed by atoms with E-state index in [9.17, 15) is 14.0 Å². The molecule has 1 saturated heterocycles. The molecule has 1 heterocycles.